The average molecular weight is 405 g/mol. The minimum atomic E-state index is 1.17. The first-order chi connectivity index (χ1) is 15.1. The monoisotopic (exact) mass is 404 g/mol. The quantitative estimate of drug-likeness (QED) is 0.395. The second-order valence-electron chi connectivity index (χ2n) is 8.09. The van der Waals surface area contributed by atoms with E-state index in [1.54, 1.807) is 0 Å². The van der Waals surface area contributed by atoms with Crippen molar-refractivity contribution in [3.05, 3.63) is 107 Å². The minimum Gasteiger partial charge on any atom is -0.378 e. The lowest BCUT2D eigenvalue weighted by atomic mass is 10.1. The lowest BCUT2D eigenvalue weighted by Crippen LogP contribution is -2.36. The average Bonchev–Trinajstić information content (AvgIpc) is 3.28. The second-order valence-corrected chi connectivity index (χ2v) is 8.09. The van der Waals surface area contributed by atoms with Crippen LogP contribution in [0.25, 0.3) is 34.6 Å². The number of benzene rings is 3. The van der Waals surface area contributed by atoms with Crippen LogP contribution < -0.4 is 14.8 Å². The van der Waals surface area contributed by atoms with Gasteiger partial charge in [-0.05, 0) is 41.5 Å². The van der Waals surface area contributed by atoms with Crippen molar-refractivity contribution in [1.29, 1.82) is 0 Å². The van der Waals surface area contributed by atoms with Gasteiger partial charge in [-0.15, -0.1) is 9.20 Å². The van der Waals surface area contributed by atoms with Crippen LogP contribution in [-0.4, -0.2) is 18.6 Å². The first kappa shape index (κ1) is 19.1. The summed E-state index contributed by atoms with van der Waals surface area (Å²) in [5.74, 6) is 0. The molecule has 0 aliphatic heterocycles. The summed E-state index contributed by atoms with van der Waals surface area (Å²) in [4.78, 5) is 2.12. The van der Waals surface area contributed by atoms with Crippen molar-refractivity contribution in [3.63, 3.8) is 0 Å². The zero-order valence-electron chi connectivity index (χ0n) is 18.2. The molecule has 0 fully saturated rings. The minimum absolute atomic E-state index is 1.17. The van der Waals surface area contributed by atoms with E-state index in [1.807, 2.05) is 6.07 Å². The maximum absolute atomic E-state index is 2.31. The van der Waals surface area contributed by atoms with Crippen molar-refractivity contribution in [2.75, 3.05) is 19.0 Å². The smallest absolute Gasteiger partial charge is 0.232 e. The van der Waals surface area contributed by atoms with E-state index >= 15 is 0 Å². The summed E-state index contributed by atoms with van der Waals surface area (Å²) in [6.45, 7) is 0. The molecule has 0 aliphatic carbocycles. The standard InChI is InChI=1S/C28H26N3/c1-29(2)23-16-14-22(15-17-23)19-26-25-11-7-8-12-27(25)31-28(26)20-24(30(31)3)18-13-21-9-5-4-6-10-21/h4-20H,1-3H3/q+1/b18-13+. The lowest BCUT2D eigenvalue weighted by molar-refractivity contribution is -0.736. The van der Waals surface area contributed by atoms with Gasteiger partial charge in [0.2, 0.25) is 5.69 Å². The first-order valence-electron chi connectivity index (χ1n) is 10.6. The molecule has 2 aromatic heterocycles. The van der Waals surface area contributed by atoms with Gasteiger partial charge in [0, 0.05) is 42.5 Å². The molecule has 0 aliphatic rings. The van der Waals surface area contributed by atoms with Gasteiger partial charge in [0.15, 0.2) is 7.05 Å². The summed E-state index contributed by atoms with van der Waals surface area (Å²) in [5.41, 5.74) is 7.21. The van der Waals surface area contributed by atoms with Crippen molar-refractivity contribution >= 4 is 40.3 Å². The molecule has 0 unspecified atom stereocenters. The van der Waals surface area contributed by atoms with E-state index in [9.17, 15) is 0 Å². The van der Waals surface area contributed by atoms with Gasteiger partial charge in [-0.25, -0.2) is 0 Å². The molecule has 0 N–H and O–H groups in total. The van der Waals surface area contributed by atoms with E-state index in [4.69, 9.17) is 0 Å². The molecule has 3 aromatic carbocycles. The van der Waals surface area contributed by atoms with Crippen LogP contribution in [0.3, 0.4) is 0 Å². The predicted molar refractivity (Wildman–Crippen MR) is 131 cm³/mol. The van der Waals surface area contributed by atoms with E-state index in [0.29, 0.717) is 0 Å². The Morgan fingerprint density at radius 2 is 1.45 bits per heavy atom. The highest BCUT2D eigenvalue weighted by Crippen LogP contribution is 2.18. The number of fused-ring (bicyclic) bond motifs is 3. The fourth-order valence-electron chi connectivity index (χ4n) is 4.17. The van der Waals surface area contributed by atoms with Gasteiger partial charge in [-0.3, -0.25) is 0 Å². The van der Waals surface area contributed by atoms with Gasteiger partial charge in [-0.1, -0.05) is 60.7 Å². The van der Waals surface area contributed by atoms with Crippen molar-refractivity contribution in [1.82, 2.24) is 4.52 Å². The number of aromatic nitrogens is 2. The maximum Gasteiger partial charge on any atom is 0.232 e. The lowest BCUT2D eigenvalue weighted by Gasteiger charge is -2.11. The second kappa shape index (κ2) is 7.77. The normalized spacial score (nSPS) is 12.4. The Morgan fingerprint density at radius 1 is 0.742 bits per heavy atom. The number of hydrogen-bond donors (Lipinski definition) is 0. The highest BCUT2D eigenvalue weighted by atomic mass is 15.3. The van der Waals surface area contributed by atoms with E-state index in [2.05, 4.69) is 132 Å². The Kier molecular flexibility index (Phi) is 4.79. The van der Waals surface area contributed by atoms with Crippen molar-refractivity contribution in [2.24, 2.45) is 7.05 Å². The van der Waals surface area contributed by atoms with E-state index in [0.717, 1.165) is 0 Å². The SMILES string of the molecule is CN(C)c1ccc(/C=c2\c3ccccc3n3c2cc(/C=C/c2ccccc2)[n+]3C)cc1. The molecule has 0 radical (unpaired) electrons. The Balaban J connectivity index is 1.69. The molecule has 0 spiro atoms. The number of anilines is 1. The summed E-state index contributed by atoms with van der Waals surface area (Å²) in [6, 6.07) is 30.0. The highest BCUT2D eigenvalue weighted by Gasteiger charge is 2.18. The van der Waals surface area contributed by atoms with Crippen molar-refractivity contribution in [3.8, 4) is 0 Å². The molecule has 152 valence electrons. The number of nitrogens with zero attached hydrogens (tertiary/aromatic N) is 3. The number of rotatable bonds is 4. The molecule has 0 bridgehead atoms. The molecule has 3 nitrogen and oxygen atoms in total. The van der Waals surface area contributed by atoms with Crippen LogP contribution in [0.4, 0.5) is 5.69 Å². The van der Waals surface area contributed by atoms with Crippen molar-refractivity contribution in [2.45, 2.75) is 0 Å². The molecular weight excluding hydrogens is 378 g/mol. The molecule has 2 heterocycles. The van der Waals surface area contributed by atoms with Gasteiger partial charge in [-0.2, -0.15) is 0 Å². The van der Waals surface area contributed by atoms with Crippen LogP contribution in [0.15, 0.2) is 84.9 Å². The van der Waals surface area contributed by atoms with Gasteiger partial charge < -0.3 is 4.90 Å². The molecule has 3 heteroatoms. The Hall–Kier alpha value is -3.85. The fraction of sp³-hybridized carbons (Fsp3) is 0.107. The molecule has 0 saturated carbocycles. The van der Waals surface area contributed by atoms with E-state index in [1.165, 1.54) is 44.1 Å². The third-order valence-corrected chi connectivity index (χ3v) is 5.85. The zero-order valence-corrected chi connectivity index (χ0v) is 18.2. The van der Waals surface area contributed by atoms with Crippen LogP contribution in [0.5, 0.6) is 0 Å². The summed E-state index contributed by atoms with van der Waals surface area (Å²) in [5, 5.41) is 2.52. The summed E-state index contributed by atoms with van der Waals surface area (Å²) < 4.78 is 4.53. The third kappa shape index (κ3) is 3.49. The van der Waals surface area contributed by atoms with Gasteiger partial charge in [0.05, 0.1) is 0 Å². The Bertz CT molecular complexity index is 1440. The molecule has 5 rings (SSSR count). The molecule has 31 heavy (non-hydrogen) atoms. The van der Waals surface area contributed by atoms with Crippen LogP contribution in [0.1, 0.15) is 16.8 Å². The van der Waals surface area contributed by atoms with Gasteiger partial charge >= 0.3 is 0 Å². The topological polar surface area (TPSA) is 11.5 Å². The van der Waals surface area contributed by atoms with E-state index < -0.39 is 0 Å². The van der Waals surface area contributed by atoms with Crippen LogP contribution in [0.2, 0.25) is 0 Å². The van der Waals surface area contributed by atoms with Crippen LogP contribution >= 0.6 is 0 Å². The number of para-hydroxylation sites is 1. The van der Waals surface area contributed by atoms with Crippen molar-refractivity contribution < 1.29 is 4.68 Å². The molecule has 0 amide bonds. The van der Waals surface area contributed by atoms with Gasteiger partial charge in [0.1, 0.15) is 11.0 Å². The Labute approximate surface area is 182 Å². The summed E-state index contributed by atoms with van der Waals surface area (Å²) in [7, 11) is 6.26. The van der Waals surface area contributed by atoms with Crippen LogP contribution in [0, 0.1) is 0 Å². The molecular formula is C28H26N3+. The molecule has 0 atom stereocenters. The first-order valence-corrected chi connectivity index (χ1v) is 10.6. The molecule has 0 saturated heterocycles. The molecule has 5 aromatic rings. The highest BCUT2D eigenvalue weighted by molar-refractivity contribution is 5.90. The number of hydrogen-bond acceptors (Lipinski definition) is 1. The summed E-state index contributed by atoms with van der Waals surface area (Å²) in [6.07, 6.45) is 6.65. The fourth-order valence-corrected chi connectivity index (χ4v) is 4.17. The maximum atomic E-state index is 2.31. The largest absolute Gasteiger partial charge is 0.378 e. The summed E-state index contributed by atoms with van der Waals surface area (Å²) >= 11 is 0. The Morgan fingerprint density at radius 3 is 2.19 bits per heavy atom. The van der Waals surface area contributed by atoms with Crippen LogP contribution in [-0.2, 0) is 7.05 Å². The zero-order chi connectivity index (χ0) is 21.4. The van der Waals surface area contributed by atoms with Gasteiger partial charge in [0.25, 0.3) is 0 Å². The predicted octanol–water partition coefficient (Wildman–Crippen LogP) is 4.70. The number of aryl methyl sites for hydroxylation is 1. The third-order valence-electron chi connectivity index (χ3n) is 5.85. The van der Waals surface area contributed by atoms with E-state index in [-0.39, 0.29) is 0 Å².